The fourth-order valence-corrected chi connectivity index (χ4v) is 7.23. The number of benzene rings is 2. The zero-order valence-electron chi connectivity index (χ0n) is 29.3. The van der Waals surface area contributed by atoms with Gasteiger partial charge in [0.15, 0.2) is 0 Å². The number of hydrogen-bond donors (Lipinski definition) is 4. The van der Waals surface area contributed by atoms with Gasteiger partial charge in [0, 0.05) is 37.7 Å². The second-order valence-corrected chi connectivity index (χ2v) is 15.5. The Labute approximate surface area is 289 Å². The van der Waals surface area contributed by atoms with E-state index < -0.39 is 22.9 Å². The molecule has 2 fully saturated rings. The van der Waals surface area contributed by atoms with Crippen molar-refractivity contribution in [3.05, 3.63) is 64.4 Å². The van der Waals surface area contributed by atoms with E-state index in [4.69, 9.17) is 21.3 Å². The second kappa shape index (κ2) is 14.1. The van der Waals surface area contributed by atoms with E-state index in [0.717, 1.165) is 49.9 Å². The first-order valence-corrected chi connectivity index (χ1v) is 17.5. The second-order valence-electron chi connectivity index (χ2n) is 15.1. The highest BCUT2D eigenvalue weighted by atomic mass is 35.5. The first kappa shape index (κ1) is 35.7. The predicted octanol–water partition coefficient (Wildman–Crippen LogP) is 6.22. The van der Waals surface area contributed by atoms with Crippen LogP contribution in [0.2, 0.25) is 5.02 Å². The molecule has 2 heterocycles. The summed E-state index contributed by atoms with van der Waals surface area (Å²) in [6.07, 6.45) is 4.01. The molecule has 11 heteroatoms. The van der Waals surface area contributed by atoms with Crippen LogP contribution in [0.15, 0.2) is 42.5 Å². The summed E-state index contributed by atoms with van der Waals surface area (Å²) in [6.45, 7) is 13.7. The van der Waals surface area contributed by atoms with Gasteiger partial charge in [-0.1, -0.05) is 63.6 Å². The molecule has 4 amide bonds. The number of H-pyrrole nitrogens is 1. The summed E-state index contributed by atoms with van der Waals surface area (Å²) >= 11 is 6.83. The number of imidazole rings is 1. The number of methoxy groups -OCH3 is 1. The Kier molecular flexibility index (Phi) is 10.5. The highest BCUT2D eigenvalue weighted by molar-refractivity contribution is 6.31. The zero-order chi connectivity index (χ0) is 34.9. The lowest BCUT2D eigenvalue weighted by Gasteiger charge is -2.35. The minimum absolute atomic E-state index is 0.0686. The van der Waals surface area contributed by atoms with E-state index >= 15 is 0 Å². The maximum absolute atomic E-state index is 14.1. The molecule has 0 spiro atoms. The third-order valence-corrected chi connectivity index (χ3v) is 10.5. The van der Waals surface area contributed by atoms with Crippen LogP contribution in [-0.4, -0.2) is 72.1 Å². The van der Waals surface area contributed by atoms with E-state index in [1.54, 1.807) is 7.11 Å². The number of carbonyl (C=O) groups is 3. The predicted molar refractivity (Wildman–Crippen MR) is 189 cm³/mol. The molecular formula is C37H51ClN6O4. The summed E-state index contributed by atoms with van der Waals surface area (Å²) in [7, 11) is 1.56. The first-order valence-electron chi connectivity index (χ1n) is 17.1. The van der Waals surface area contributed by atoms with Gasteiger partial charge < -0.3 is 30.6 Å². The van der Waals surface area contributed by atoms with Crippen molar-refractivity contribution >= 4 is 40.5 Å². The van der Waals surface area contributed by atoms with Gasteiger partial charge in [0.05, 0.1) is 29.1 Å². The fourth-order valence-electron chi connectivity index (χ4n) is 6.98. The number of ether oxygens (including phenoxy) is 1. The van der Waals surface area contributed by atoms with E-state index in [9.17, 15) is 14.4 Å². The van der Waals surface area contributed by atoms with Gasteiger partial charge in [-0.05, 0) is 79.7 Å². The van der Waals surface area contributed by atoms with E-state index in [0.29, 0.717) is 28.5 Å². The van der Waals surface area contributed by atoms with Crippen LogP contribution in [-0.2, 0) is 19.7 Å². The number of fused-ring (bicyclic) bond motifs is 1. The maximum Gasteiger partial charge on any atom is 0.318 e. The molecule has 0 radical (unpaired) electrons. The molecule has 260 valence electrons. The number of halogens is 1. The van der Waals surface area contributed by atoms with Gasteiger partial charge in [0.2, 0.25) is 11.8 Å². The molecule has 1 saturated heterocycles. The van der Waals surface area contributed by atoms with Gasteiger partial charge in [-0.2, -0.15) is 0 Å². The summed E-state index contributed by atoms with van der Waals surface area (Å²) in [5.74, 6) is -0.0300. The molecule has 2 aliphatic rings. The molecule has 1 unspecified atom stereocenters. The minimum Gasteiger partial charge on any atom is -0.383 e. The lowest BCUT2D eigenvalue weighted by Crippen LogP contribution is -2.58. The smallest absolute Gasteiger partial charge is 0.318 e. The quantitative estimate of drug-likeness (QED) is 0.181. The molecule has 1 saturated carbocycles. The van der Waals surface area contributed by atoms with Crippen molar-refractivity contribution in [2.75, 3.05) is 33.4 Å². The standard InChI is InChI=1S/C37H51ClN6O4/c1-8-39-32(45)30(35(2,3)4)43-33(46)37(6,22-48-7)23-15-16-26-27(21-23)41-31(40-26)29(42-34(47)44-19-11-12-20-44)28(36(5)17-18-36)24-13-9-10-14-25(24)38/h9-10,13-16,21,28-30H,8,11-12,17-20,22H2,1-7H3,(H,39,45)(H,40,41)(H,42,47)(H,43,46)/t28-,29-,30-,37?/m0/s1. The Morgan fingerprint density at radius 2 is 1.75 bits per heavy atom. The van der Waals surface area contributed by atoms with Crippen molar-refractivity contribution in [3.8, 4) is 0 Å². The van der Waals surface area contributed by atoms with E-state index in [1.165, 1.54) is 0 Å². The third-order valence-electron chi connectivity index (χ3n) is 10.2. The highest BCUT2D eigenvalue weighted by Gasteiger charge is 2.51. The van der Waals surface area contributed by atoms with Gasteiger partial charge >= 0.3 is 6.03 Å². The van der Waals surface area contributed by atoms with Crippen molar-refractivity contribution < 1.29 is 19.1 Å². The third kappa shape index (κ3) is 7.34. The van der Waals surface area contributed by atoms with Gasteiger partial charge in [0.1, 0.15) is 11.9 Å². The van der Waals surface area contributed by atoms with E-state index in [-0.39, 0.29) is 35.8 Å². The summed E-state index contributed by atoms with van der Waals surface area (Å²) in [5.41, 5.74) is 1.43. The first-order chi connectivity index (χ1) is 22.7. The number of rotatable bonds is 12. The number of amides is 4. The molecule has 4 N–H and O–H groups in total. The van der Waals surface area contributed by atoms with Crippen molar-refractivity contribution in [2.45, 2.75) is 90.6 Å². The molecule has 5 rings (SSSR count). The van der Waals surface area contributed by atoms with Crippen LogP contribution in [0, 0.1) is 10.8 Å². The molecule has 4 atom stereocenters. The monoisotopic (exact) mass is 678 g/mol. The van der Waals surface area contributed by atoms with Crippen LogP contribution >= 0.6 is 11.6 Å². The van der Waals surface area contributed by atoms with Crippen LogP contribution in [0.4, 0.5) is 4.79 Å². The normalized spacial score (nSPS) is 18.9. The van der Waals surface area contributed by atoms with Gasteiger partial charge in [-0.25, -0.2) is 9.78 Å². The Morgan fingerprint density at radius 1 is 1.06 bits per heavy atom. The molecule has 48 heavy (non-hydrogen) atoms. The Bertz CT molecular complexity index is 1640. The molecule has 1 aliphatic carbocycles. The summed E-state index contributed by atoms with van der Waals surface area (Å²) < 4.78 is 5.59. The number of likely N-dealkylation sites (tertiary alicyclic amines) is 1. The number of nitrogens with zero attached hydrogens (tertiary/aromatic N) is 2. The average molecular weight is 679 g/mol. The molecule has 1 aromatic heterocycles. The van der Waals surface area contributed by atoms with Gasteiger partial charge in [-0.15, -0.1) is 0 Å². The number of urea groups is 1. The van der Waals surface area contributed by atoms with Crippen LogP contribution in [0.5, 0.6) is 0 Å². The largest absolute Gasteiger partial charge is 0.383 e. The lowest BCUT2D eigenvalue weighted by molar-refractivity contribution is -0.135. The molecule has 1 aliphatic heterocycles. The fraction of sp³-hybridized carbons (Fsp3) is 0.568. The molecule has 3 aromatic rings. The van der Waals surface area contributed by atoms with E-state index in [1.807, 2.05) is 82.0 Å². The summed E-state index contributed by atoms with van der Waals surface area (Å²) in [4.78, 5) is 51.1. The van der Waals surface area contributed by atoms with Crippen molar-refractivity contribution in [1.29, 1.82) is 0 Å². The molecule has 0 bridgehead atoms. The molecular weight excluding hydrogens is 628 g/mol. The van der Waals surface area contributed by atoms with E-state index in [2.05, 4.69) is 27.9 Å². The van der Waals surface area contributed by atoms with Crippen LogP contribution in [0.25, 0.3) is 11.0 Å². The van der Waals surface area contributed by atoms with Gasteiger partial charge in [0.25, 0.3) is 0 Å². The maximum atomic E-state index is 14.1. The number of nitrogens with one attached hydrogen (secondary N) is 4. The van der Waals surface area contributed by atoms with Crippen LogP contribution < -0.4 is 16.0 Å². The topological polar surface area (TPSA) is 128 Å². The van der Waals surface area contributed by atoms with Crippen LogP contribution in [0.3, 0.4) is 0 Å². The number of hydrogen-bond acceptors (Lipinski definition) is 5. The van der Waals surface area contributed by atoms with Crippen LogP contribution in [0.1, 0.15) is 96.1 Å². The Morgan fingerprint density at radius 3 is 2.35 bits per heavy atom. The van der Waals surface area contributed by atoms with Crippen molar-refractivity contribution in [1.82, 2.24) is 30.8 Å². The minimum atomic E-state index is -1.12. The lowest BCUT2D eigenvalue weighted by atomic mass is 9.78. The van der Waals surface area contributed by atoms with Crippen molar-refractivity contribution in [3.63, 3.8) is 0 Å². The average Bonchev–Trinajstić information content (AvgIpc) is 3.40. The Balaban J connectivity index is 1.54. The summed E-state index contributed by atoms with van der Waals surface area (Å²) in [5, 5.41) is 9.90. The Hall–Kier alpha value is -3.63. The number of likely N-dealkylation sites (N-methyl/N-ethyl adjacent to an activating group) is 1. The number of aromatic nitrogens is 2. The van der Waals surface area contributed by atoms with Crippen molar-refractivity contribution in [2.24, 2.45) is 10.8 Å². The highest BCUT2D eigenvalue weighted by Crippen LogP contribution is 2.60. The van der Waals surface area contributed by atoms with Gasteiger partial charge in [-0.3, -0.25) is 9.59 Å². The summed E-state index contributed by atoms with van der Waals surface area (Å²) in [6, 6.07) is 12.2. The zero-order valence-corrected chi connectivity index (χ0v) is 30.1. The molecule has 10 nitrogen and oxygen atoms in total. The SMILES string of the molecule is CCNC(=O)[C@H](NC(=O)C(C)(COC)c1ccc2nc([C@@H](NC(=O)N3CCCC3)[C@H](c3ccccc3Cl)C3(C)CC3)[nH]c2c1)C(C)(C)C. The number of carbonyl (C=O) groups excluding carboxylic acids is 3. The number of aromatic amines is 1. The molecule has 2 aromatic carbocycles.